The van der Waals surface area contributed by atoms with Gasteiger partial charge >= 0.3 is 0 Å². The fourth-order valence-electron chi connectivity index (χ4n) is 1.17. The van der Waals surface area contributed by atoms with E-state index in [-0.39, 0.29) is 5.75 Å². The van der Waals surface area contributed by atoms with Gasteiger partial charge in [-0.2, -0.15) is 5.10 Å². The quantitative estimate of drug-likeness (QED) is 0.424. The molecule has 3 N–H and O–H groups in total. The molecule has 0 aliphatic rings. The lowest BCUT2D eigenvalue weighted by Gasteiger charge is -2.06. The number of thiocarbonyl (C=S) groups is 1. The Morgan fingerprint density at radius 2 is 2.12 bits per heavy atom. The fourth-order valence-corrected chi connectivity index (χ4v) is 1.36. The molecular formula is C11H15N3OS. The zero-order valence-electron chi connectivity index (χ0n) is 9.32. The number of phenolic OH excluding ortho intramolecular Hbond substituents is 1. The lowest BCUT2D eigenvalue weighted by atomic mass is 10.1. The summed E-state index contributed by atoms with van der Waals surface area (Å²) in [6, 6.07) is 7.03. The molecule has 0 unspecified atom stereocenters. The number of benzene rings is 1. The number of rotatable bonds is 3. The third-order valence-corrected chi connectivity index (χ3v) is 2.19. The Hall–Kier alpha value is -1.62. The van der Waals surface area contributed by atoms with Crippen LogP contribution in [-0.4, -0.2) is 22.5 Å². The van der Waals surface area contributed by atoms with Gasteiger partial charge in [0.1, 0.15) is 5.75 Å². The number of hydrazone groups is 1. The van der Waals surface area contributed by atoms with Gasteiger partial charge in [0.15, 0.2) is 5.11 Å². The van der Waals surface area contributed by atoms with E-state index < -0.39 is 0 Å². The molecule has 5 heteroatoms. The third kappa shape index (κ3) is 3.51. The van der Waals surface area contributed by atoms with Crippen molar-refractivity contribution in [3.05, 3.63) is 29.8 Å². The largest absolute Gasteiger partial charge is 0.507 e. The SMILES string of the molecule is CCNC(=S)NN=C(C)c1ccccc1O. The Kier molecular flexibility index (Phi) is 4.72. The second-order valence-electron chi connectivity index (χ2n) is 3.19. The molecule has 0 saturated heterocycles. The monoisotopic (exact) mass is 237 g/mol. The van der Waals surface area contributed by atoms with Crippen molar-refractivity contribution in [1.82, 2.24) is 10.7 Å². The van der Waals surface area contributed by atoms with Crippen molar-refractivity contribution in [3.63, 3.8) is 0 Å². The van der Waals surface area contributed by atoms with Crippen LogP contribution >= 0.6 is 12.2 Å². The zero-order chi connectivity index (χ0) is 12.0. The summed E-state index contributed by atoms with van der Waals surface area (Å²) in [5, 5.41) is 17.1. The zero-order valence-corrected chi connectivity index (χ0v) is 10.1. The maximum Gasteiger partial charge on any atom is 0.186 e. The van der Waals surface area contributed by atoms with Crippen LogP contribution in [0.5, 0.6) is 5.75 Å². The van der Waals surface area contributed by atoms with Gasteiger partial charge in [-0.1, -0.05) is 12.1 Å². The summed E-state index contributed by atoms with van der Waals surface area (Å²) < 4.78 is 0. The summed E-state index contributed by atoms with van der Waals surface area (Å²) in [6.07, 6.45) is 0. The summed E-state index contributed by atoms with van der Waals surface area (Å²) in [7, 11) is 0. The molecule has 0 bridgehead atoms. The van der Waals surface area contributed by atoms with Gasteiger partial charge in [-0.05, 0) is 38.2 Å². The van der Waals surface area contributed by atoms with Crippen molar-refractivity contribution in [2.45, 2.75) is 13.8 Å². The van der Waals surface area contributed by atoms with E-state index in [9.17, 15) is 5.11 Å². The van der Waals surface area contributed by atoms with Crippen LogP contribution in [0.4, 0.5) is 0 Å². The van der Waals surface area contributed by atoms with Gasteiger partial charge in [0.2, 0.25) is 0 Å². The smallest absolute Gasteiger partial charge is 0.186 e. The van der Waals surface area contributed by atoms with Gasteiger partial charge < -0.3 is 10.4 Å². The molecule has 0 amide bonds. The van der Waals surface area contributed by atoms with Crippen molar-refractivity contribution in [2.75, 3.05) is 6.54 Å². The molecule has 0 saturated carbocycles. The maximum atomic E-state index is 9.59. The first-order valence-corrected chi connectivity index (χ1v) is 5.42. The van der Waals surface area contributed by atoms with E-state index in [1.807, 2.05) is 13.0 Å². The molecule has 0 aliphatic carbocycles. The Morgan fingerprint density at radius 3 is 2.75 bits per heavy atom. The number of phenols is 1. The molecule has 0 spiro atoms. The van der Waals surface area contributed by atoms with Gasteiger partial charge in [-0.25, -0.2) is 0 Å². The van der Waals surface area contributed by atoms with Crippen LogP contribution < -0.4 is 10.7 Å². The van der Waals surface area contributed by atoms with E-state index >= 15 is 0 Å². The average Bonchev–Trinajstić information content (AvgIpc) is 2.27. The normalized spacial score (nSPS) is 11.0. The van der Waals surface area contributed by atoms with E-state index in [1.54, 1.807) is 25.1 Å². The molecule has 1 aromatic carbocycles. The van der Waals surface area contributed by atoms with Gasteiger partial charge in [-0.15, -0.1) is 0 Å². The van der Waals surface area contributed by atoms with Crippen LogP contribution in [0.2, 0.25) is 0 Å². The van der Waals surface area contributed by atoms with Crippen LogP contribution in [0.3, 0.4) is 0 Å². The maximum absolute atomic E-state index is 9.59. The third-order valence-electron chi connectivity index (χ3n) is 1.96. The molecule has 0 aliphatic heterocycles. The Morgan fingerprint density at radius 1 is 1.44 bits per heavy atom. The van der Waals surface area contributed by atoms with Crippen molar-refractivity contribution in [2.24, 2.45) is 5.10 Å². The van der Waals surface area contributed by atoms with Crippen LogP contribution in [0.15, 0.2) is 29.4 Å². The molecule has 0 radical (unpaired) electrons. The topological polar surface area (TPSA) is 56.7 Å². The highest BCUT2D eigenvalue weighted by molar-refractivity contribution is 7.80. The lowest BCUT2D eigenvalue weighted by molar-refractivity contribution is 0.474. The lowest BCUT2D eigenvalue weighted by Crippen LogP contribution is -2.32. The minimum atomic E-state index is 0.208. The molecule has 4 nitrogen and oxygen atoms in total. The molecule has 0 aromatic heterocycles. The van der Waals surface area contributed by atoms with Crippen molar-refractivity contribution < 1.29 is 5.11 Å². The van der Waals surface area contributed by atoms with E-state index in [0.717, 1.165) is 6.54 Å². The minimum absolute atomic E-state index is 0.208. The summed E-state index contributed by atoms with van der Waals surface area (Å²) >= 11 is 4.96. The first-order chi connectivity index (χ1) is 7.65. The van der Waals surface area contributed by atoms with Gasteiger partial charge in [-0.3, -0.25) is 5.43 Å². The van der Waals surface area contributed by atoms with Gasteiger partial charge in [0, 0.05) is 12.1 Å². The number of hydrogen-bond donors (Lipinski definition) is 3. The highest BCUT2D eigenvalue weighted by Gasteiger charge is 2.02. The molecule has 0 heterocycles. The highest BCUT2D eigenvalue weighted by atomic mass is 32.1. The summed E-state index contributed by atoms with van der Waals surface area (Å²) in [4.78, 5) is 0. The van der Waals surface area contributed by atoms with Crippen LogP contribution in [0, 0.1) is 0 Å². The Balaban J connectivity index is 2.71. The summed E-state index contributed by atoms with van der Waals surface area (Å²) in [6.45, 7) is 4.50. The molecule has 1 rings (SSSR count). The molecular weight excluding hydrogens is 222 g/mol. The van der Waals surface area contributed by atoms with Gasteiger partial charge in [0.25, 0.3) is 0 Å². The second kappa shape index (κ2) is 6.07. The predicted octanol–water partition coefficient (Wildman–Crippen LogP) is 1.60. The van der Waals surface area contributed by atoms with E-state index in [1.165, 1.54) is 0 Å². The molecule has 16 heavy (non-hydrogen) atoms. The Bertz CT molecular complexity index is 404. The Labute approximate surface area is 100 Å². The predicted molar refractivity (Wildman–Crippen MR) is 69.7 cm³/mol. The average molecular weight is 237 g/mol. The van der Waals surface area contributed by atoms with E-state index in [0.29, 0.717) is 16.4 Å². The van der Waals surface area contributed by atoms with Crippen molar-refractivity contribution in [3.8, 4) is 5.75 Å². The van der Waals surface area contributed by atoms with Crippen molar-refractivity contribution >= 4 is 23.0 Å². The van der Waals surface area contributed by atoms with Crippen LogP contribution in [-0.2, 0) is 0 Å². The molecule has 1 aromatic rings. The first kappa shape index (κ1) is 12.4. The summed E-state index contributed by atoms with van der Waals surface area (Å²) in [5.41, 5.74) is 4.07. The van der Waals surface area contributed by atoms with Crippen LogP contribution in [0.25, 0.3) is 0 Å². The number of hydrogen-bond acceptors (Lipinski definition) is 3. The minimum Gasteiger partial charge on any atom is -0.507 e. The highest BCUT2D eigenvalue weighted by Crippen LogP contribution is 2.15. The summed E-state index contributed by atoms with van der Waals surface area (Å²) in [5.74, 6) is 0.208. The van der Waals surface area contributed by atoms with Crippen molar-refractivity contribution in [1.29, 1.82) is 0 Å². The molecule has 0 atom stereocenters. The van der Waals surface area contributed by atoms with Crippen LogP contribution in [0.1, 0.15) is 19.4 Å². The van der Waals surface area contributed by atoms with E-state index in [4.69, 9.17) is 12.2 Å². The number of para-hydroxylation sites is 1. The van der Waals surface area contributed by atoms with E-state index in [2.05, 4.69) is 15.8 Å². The standard InChI is InChI=1S/C11H15N3OS/c1-3-12-11(16)14-13-8(2)9-6-4-5-7-10(9)15/h4-7,15H,3H2,1-2H3,(H2,12,14,16). The molecule has 86 valence electrons. The van der Waals surface area contributed by atoms with Gasteiger partial charge in [0.05, 0.1) is 5.71 Å². The number of aromatic hydroxyl groups is 1. The first-order valence-electron chi connectivity index (χ1n) is 5.01. The molecule has 0 fully saturated rings. The number of nitrogens with one attached hydrogen (secondary N) is 2. The second-order valence-corrected chi connectivity index (χ2v) is 3.59. The fraction of sp³-hybridized carbons (Fsp3) is 0.273. The number of nitrogens with zero attached hydrogens (tertiary/aromatic N) is 1.